The van der Waals surface area contributed by atoms with Crippen LogP contribution in [0.15, 0.2) is 54.6 Å². The molecule has 0 aliphatic rings. The summed E-state index contributed by atoms with van der Waals surface area (Å²) in [4.78, 5) is 4.83. The molecule has 0 saturated heterocycles. The van der Waals surface area contributed by atoms with Gasteiger partial charge < -0.3 is 19.8 Å². The topological polar surface area (TPSA) is 88.1 Å². The van der Waals surface area contributed by atoms with Crippen molar-refractivity contribution in [1.29, 1.82) is 0 Å². The molecule has 0 aliphatic heterocycles. The fourth-order valence-electron chi connectivity index (χ4n) is 3.52. The van der Waals surface area contributed by atoms with Crippen LogP contribution in [0.5, 0.6) is 11.6 Å². The highest BCUT2D eigenvalue weighted by Gasteiger charge is 2.20. The Bertz CT molecular complexity index is 1140. The monoisotopic (exact) mass is 417 g/mol. The predicted molar refractivity (Wildman–Crippen MR) is 121 cm³/mol. The molecule has 2 aromatic carbocycles. The summed E-state index contributed by atoms with van der Waals surface area (Å²) in [6.07, 6.45) is 2.96. The zero-order valence-corrected chi connectivity index (χ0v) is 17.9. The third-order valence-electron chi connectivity index (χ3n) is 5.21. The molecule has 7 nitrogen and oxygen atoms in total. The van der Waals surface area contributed by atoms with Gasteiger partial charge >= 0.3 is 0 Å². The molecule has 4 rings (SSSR count). The Labute approximate surface area is 181 Å². The number of ether oxygens (including phenoxy) is 2. The van der Waals surface area contributed by atoms with Gasteiger partial charge in [0.1, 0.15) is 29.2 Å². The smallest absolute Gasteiger partial charge is 0.260 e. The summed E-state index contributed by atoms with van der Waals surface area (Å²) in [5, 5.41) is 8.36. The van der Waals surface area contributed by atoms with Gasteiger partial charge in [0.2, 0.25) is 0 Å². The van der Waals surface area contributed by atoms with Gasteiger partial charge in [-0.25, -0.2) is 4.98 Å². The lowest BCUT2D eigenvalue weighted by molar-refractivity contribution is 0.293. The van der Waals surface area contributed by atoms with Crippen LogP contribution in [0, 0.1) is 0 Å². The number of nitrogen functional groups attached to an aromatic ring is 1. The second kappa shape index (κ2) is 9.47. The van der Waals surface area contributed by atoms with Crippen LogP contribution in [0.3, 0.4) is 0 Å². The van der Waals surface area contributed by atoms with Crippen LogP contribution < -0.4 is 15.2 Å². The Kier molecular flexibility index (Phi) is 6.31. The maximum Gasteiger partial charge on any atom is 0.260 e. The third-order valence-corrected chi connectivity index (χ3v) is 5.21. The molecule has 0 aliphatic carbocycles. The highest BCUT2D eigenvalue weighted by atomic mass is 16.5. The molecule has 0 spiro atoms. The first-order valence-corrected chi connectivity index (χ1v) is 10.5. The van der Waals surface area contributed by atoms with Crippen molar-refractivity contribution in [2.75, 3.05) is 12.8 Å². The van der Waals surface area contributed by atoms with Crippen molar-refractivity contribution in [3.63, 3.8) is 0 Å². The largest absolute Gasteiger partial charge is 0.497 e. The summed E-state index contributed by atoms with van der Waals surface area (Å²) in [5.74, 6) is 2.54. The van der Waals surface area contributed by atoms with Gasteiger partial charge in [-0.2, -0.15) is 0 Å². The minimum Gasteiger partial charge on any atom is -0.497 e. The highest BCUT2D eigenvalue weighted by Crippen LogP contribution is 2.29. The number of benzene rings is 2. The Morgan fingerprint density at radius 1 is 0.968 bits per heavy atom. The van der Waals surface area contributed by atoms with Crippen molar-refractivity contribution >= 4 is 16.9 Å². The highest BCUT2D eigenvalue weighted by molar-refractivity contribution is 5.88. The van der Waals surface area contributed by atoms with Gasteiger partial charge in [0.15, 0.2) is 5.82 Å². The molecule has 0 fully saturated rings. The van der Waals surface area contributed by atoms with E-state index in [1.165, 1.54) is 0 Å². The number of hydrogen-bond acceptors (Lipinski definition) is 6. The second-order valence-corrected chi connectivity index (χ2v) is 7.43. The number of hydrogen-bond donors (Lipinski definition) is 1. The van der Waals surface area contributed by atoms with Crippen LogP contribution in [-0.2, 0) is 19.6 Å². The average molecular weight is 418 g/mol. The molecule has 160 valence electrons. The number of aryl methyl sites for hydroxylation is 1. The number of fused-ring (bicyclic) bond motifs is 1. The Morgan fingerprint density at radius 2 is 1.74 bits per heavy atom. The number of unbranched alkanes of at least 4 members (excludes halogenated alkanes) is 1. The standard InChI is InChI=1S/C24H27N5O2/c1-3-4-10-20-26-21-22(29(20)15-17-11-13-19(30-2)14-12-17)24(28-27-23(21)25)31-16-18-8-6-5-7-9-18/h5-9,11-14H,3-4,10,15-16H2,1-2H3,(H2,25,27). The fraction of sp³-hybridized carbons (Fsp3) is 0.292. The van der Waals surface area contributed by atoms with E-state index in [0.29, 0.717) is 30.4 Å². The minimum absolute atomic E-state index is 0.313. The quantitative estimate of drug-likeness (QED) is 0.435. The van der Waals surface area contributed by atoms with E-state index in [0.717, 1.165) is 47.5 Å². The van der Waals surface area contributed by atoms with Crippen molar-refractivity contribution in [1.82, 2.24) is 19.7 Å². The van der Waals surface area contributed by atoms with Crippen molar-refractivity contribution in [3.8, 4) is 11.6 Å². The lowest BCUT2D eigenvalue weighted by atomic mass is 10.2. The van der Waals surface area contributed by atoms with E-state index >= 15 is 0 Å². The maximum absolute atomic E-state index is 6.15. The number of methoxy groups -OCH3 is 1. The molecule has 2 aromatic heterocycles. The molecule has 0 amide bonds. The van der Waals surface area contributed by atoms with Crippen LogP contribution >= 0.6 is 0 Å². The molecule has 4 aromatic rings. The number of aromatic nitrogens is 4. The first-order chi connectivity index (χ1) is 15.2. The SMILES string of the molecule is CCCCc1nc2c(N)nnc(OCc3ccccc3)c2n1Cc1ccc(OC)cc1. The molecule has 0 radical (unpaired) electrons. The number of rotatable bonds is 9. The number of anilines is 1. The lowest BCUT2D eigenvalue weighted by Gasteiger charge is -2.12. The number of nitrogens with two attached hydrogens (primary N) is 1. The summed E-state index contributed by atoms with van der Waals surface area (Å²) < 4.78 is 13.5. The number of nitrogens with zero attached hydrogens (tertiary/aromatic N) is 4. The predicted octanol–water partition coefficient (Wildman–Crippen LogP) is 4.39. The van der Waals surface area contributed by atoms with Gasteiger partial charge in [0.05, 0.1) is 7.11 Å². The molecule has 0 bridgehead atoms. The van der Waals surface area contributed by atoms with Gasteiger partial charge in [0, 0.05) is 13.0 Å². The van der Waals surface area contributed by atoms with Crippen molar-refractivity contribution in [3.05, 3.63) is 71.5 Å². The molecular weight excluding hydrogens is 390 g/mol. The van der Waals surface area contributed by atoms with Crippen LogP contribution in [0.4, 0.5) is 5.82 Å². The van der Waals surface area contributed by atoms with Crippen LogP contribution in [0.2, 0.25) is 0 Å². The number of imidazole rings is 1. The maximum atomic E-state index is 6.15. The van der Waals surface area contributed by atoms with Crippen molar-refractivity contribution < 1.29 is 9.47 Å². The fourth-order valence-corrected chi connectivity index (χ4v) is 3.52. The summed E-state index contributed by atoms with van der Waals surface area (Å²) in [6, 6.07) is 18.0. The van der Waals surface area contributed by atoms with Gasteiger partial charge in [-0.05, 0) is 29.7 Å². The molecule has 0 unspecified atom stereocenters. The van der Waals surface area contributed by atoms with Gasteiger partial charge in [0.25, 0.3) is 5.88 Å². The van der Waals surface area contributed by atoms with E-state index in [4.69, 9.17) is 20.2 Å². The molecule has 31 heavy (non-hydrogen) atoms. The van der Waals surface area contributed by atoms with Crippen molar-refractivity contribution in [2.24, 2.45) is 0 Å². The molecular formula is C24H27N5O2. The molecule has 2 heterocycles. The Balaban J connectivity index is 1.75. The van der Waals surface area contributed by atoms with Gasteiger partial charge in [-0.3, -0.25) is 0 Å². The zero-order chi connectivity index (χ0) is 21.6. The van der Waals surface area contributed by atoms with E-state index in [1.807, 2.05) is 42.5 Å². The van der Waals surface area contributed by atoms with E-state index in [1.54, 1.807) is 7.11 Å². The first kappa shape index (κ1) is 20.7. The van der Waals surface area contributed by atoms with Crippen molar-refractivity contribution in [2.45, 2.75) is 39.3 Å². The van der Waals surface area contributed by atoms with Gasteiger partial charge in [-0.15, -0.1) is 10.2 Å². The van der Waals surface area contributed by atoms with E-state index in [9.17, 15) is 0 Å². The first-order valence-electron chi connectivity index (χ1n) is 10.5. The summed E-state index contributed by atoms with van der Waals surface area (Å²) in [6.45, 7) is 3.20. The second-order valence-electron chi connectivity index (χ2n) is 7.43. The normalized spacial score (nSPS) is 11.0. The third kappa shape index (κ3) is 4.60. The Hall–Kier alpha value is -3.61. The summed E-state index contributed by atoms with van der Waals surface area (Å²) in [7, 11) is 1.67. The molecule has 0 atom stereocenters. The minimum atomic E-state index is 0.313. The van der Waals surface area contributed by atoms with Gasteiger partial charge in [-0.1, -0.05) is 55.8 Å². The Morgan fingerprint density at radius 3 is 2.45 bits per heavy atom. The molecule has 0 saturated carbocycles. The van der Waals surface area contributed by atoms with Crippen LogP contribution in [0.25, 0.3) is 11.0 Å². The van der Waals surface area contributed by atoms with E-state index in [2.05, 4.69) is 33.8 Å². The zero-order valence-electron chi connectivity index (χ0n) is 17.9. The molecule has 2 N–H and O–H groups in total. The van der Waals surface area contributed by atoms with Crippen LogP contribution in [-0.4, -0.2) is 26.9 Å². The van der Waals surface area contributed by atoms with Crippen LogP contribution in [0.1, 0.15) is 36.7 Å². The lowest BCUT2D eigenvalue weighted by Crippen LogP contribution is -2.08. The summed E-state index contributed by atoms with van der Waals surface area (Å²) >= 11 is 0. The van der Waals surface area contributed by atoms with E-state index < -0.39 is 0 Å². The molecule has 7 heteroatoms. The van der Waals surface area contributed by atoms with E-state index in [-0.39, 0.29) is 0 Å². The summed E-state index contributed by atoms with van der Waals surface area (Å²) in [5.41, 5.74) is 9.76. The average Bonchev–Trinajstić information content (AvgIpc) is 3.17.